The number of hydrogen-bond acceptors (Lipinski definition) is 4. The van der Waals surface area contributed by atoms with Crippen LogP contribution < -0.4 is 0 Å². The third kappa shape index (κ3) is 3.73. The summed E-state index contributed by atoms with van der Waals surface area (Å²) in [4.78, 5) is 30.5. The molecule has 3 fully saturated rings. The van der Waals surface area contributed by atoms with Crippen LogP contribution in [0.15, 0.2) is 42.5 Å². The van der Waals surface area contributed by atoms with Crippen LogP contribution in [0.1, 0.15) is 56.3 Å². The van der Waals surface area contributed by atoms with E-state index in [1.54, 1.807) is 0 Å². The highest BCUT2D eigenvalue weighted by Gasteiger charge is 2.54. The molecule has 3 heterocycles. The largest absolute Gasteiger partial charge is 0.459 e. The summed E-state index contributed by atoms with van der Waals surface area (Å²) in [6, 6.07) is 14.5. The van der Waals surface area contributed by atoms with Gasteiger partial charge in [-0.15, -0.1) is 0 Å². The summed E-state index contributed by atoms with van der Waals surface area (Å²) in [7, 11) is 0. The Balaban J connectivity index is 1.25. The average molecular weight is 421 g/mol. The van der Waals surface area contributed by atoms with Crippen molar-refractivity contribution in [2.45, 2.75) is 57.6 Å². The second-order valence-corrected chi connectivity index (χ2v) is 10.2. The van der Waals surface area contributed by atoms with Crippen LogP contribution in [-0.2, 0) is 9.53 Å². The van der Waals surface area contributed by atoms with Crippen LogP contribution in [0.2, 0.25) is 0 Å². The van der Waals surface area contributed by atoms with Crippen LogP contribution in [0.25, 0.3) is 10.8 Å². The molecule has 0 aromatic heterocycles. The molecular formula is C26H32N2O3. The molecular weight excluding hydrogens is 388 g/mol. The molecule has 3 aliphatic heterocycles. The van der Waals surface area contributed by atoms with Crippen LogP contribution in [-0.4, -0.2) is 59.5 Å². The fourth-order valence-corrected chi connectivity index (χ4v) is 6.09. The first-order valence-electron chi connectivity index (χ1n) is 11.6. The fraction of sp³-hybridized carbons (Fsp3) is 0.538. The standard InChI is InChI=1S/C26H32N2O3/c1-25(2)17-26(24(30)31-25)13-6-14-28(18-26)20-11-15-27(16-12-20)23(29)22-10-5-8-19-7-3-4-9-21(19)22/h3-5,7-10,20H,6,11-18H2,1-2H3. The summed E-state index contributed by atoms with van der Waals surface area (Å²) in [5, 5.41) is 2.13. The minimum absolute atomic E-state index is 0.00855. The second-order valence-electron chi connectivity index (χ2n) is 10.2. The van der Waals surface area contributed by atoms with Crippen LogP contribution >= 0.6 is 0 Å². The first-order chi connectivity index (χ1) is 14.9. The van der Waals surface area contributed by atoms with E-state index in [1.807, 2.05) is 49.1 Å². The Hall–Kier alpha value is -2.40. The summed E-state index contributed by atoms with van der Waals surface area (Å²) in [6.07, 6.45) is 4.72. The number of benzene rings is 2. The van der Waals surface area contributed by atoms with Crippen LogP contribution in [0, 0.1) is 5.41 Å². The van der Waals surface area contributed by atoms with Gasteiger partial charge in [0.1, 0.15) is 5.60 Å². The maximum absolute atomic E-state index is 13.3. The van der Waals surface area contributed by atoms with E-state index in [9.17, 15) is 9.59 Å². The zero-order valence-electron chi connectivity index (χ0n) is 18.6. The van der Waals surface area contributed by atoms with E-state index in [1.165, 1.54) is 0 Å². The van der Waals surface area contributed by atoms with Crippen molar-refractivity contribution in [3.63, 3.8) is 0 Å². The third-order valence-corrected chi connectivity index (χ3v) is 7.46. The molecule has 1 spiro atoms. The zero-order chi connectivity index (χ0) is 21.6. The van der Waals surface area contributed by atoms with E-state index in [4.69, 9.17) is 4.74 Å². The van der Waals surface area contributed by atoms with Crippen molar-refractivity contribution in [3.05, 3.63) is 48.0 Å². The molecule has 31 heavy (non-hydrogen) atoms. The molecule has 3 saturated heterocycles. The lowest BCUT2D eigenvalue weighted by molar-refractivity contribution is -0.154. The average Bonchev–Trinajstić information content (AvgIpc) is 3.00. The van der Waals surface area contributed by atoms with Crippen LogP contribution in [0.4, 0.5) is 0 Å². The number of amides is 1. The van der Waals surface area contributed by atoms with Gasteiger partial charge in [-0.3, -0.25) is 14.5 Å². The lowest BCUT2D eigenvalue weighted by Crippen LogP contribution is -2.53. The lowest BCUT2D eigenvalue weighted by Gasteiger charge is -2.44. The molecule has 1 amide bonds. The van der Waals surface area contributed by atoms with Crippen molar-refractivity contribution in [2.75, 3.05) is 26.2 Å². The van der Waals surface area contributed by atoms with E-state index in [0.29, 0.717) is 6.04 Å². The summed E-state index contributed by atoms with van der Waals surface area (Å²) in [5.41, 5.74) is 0.107. The van der Waals surface area contributed by atoms with Crippen molar-refractivity contribution < 1.29 is 14.3 Å². The number of fused-ring (bicyclic) bond motifs is 1. The monoisotopic (exact) mass is 420 g/mol. The summed E-state index contributed by atoms with van der Waals surface area (Å²) >= 11 is 0. The van der Waals surface area contributed by atoms with E-state index in [2.05, 4.69) is 17.0 Å². The molecule has 164 valence electrons. The van der Waals surface area contributed by atoms with Crippen molar-refractivity contribution >= 4 is 22.6 Å². The van der Waals surface area contributed by atoms with Gasteiger partial charge in [0, 0.05) is 37.7 Å². The fourth-order valence-electron chi connectivity index (χ4n) is 6.09. The molecule has 5 nitrogen and oxygen atoms in total. The Labute approximate surface area is 184 Å². The molecule has 3 aliphatic rings. The number of piperidine rings is 2. The van der Waals surface area contributed by atoms with E-state index in [0.717, 1.165) is 74.6 Å². The first kappa shape index (κ1) is 20.5. The van der Waals surface area contributed by atoms with Gasteiger partial charge >= 0.3 is 5.97 Å². The zero-order valence-corrected chi connectivity index (χ0v) is 18.6. The SMILES string of the molecule is CC1(C)CC2(CCCN(C3CCN(C(=O)c4cccc5ccccc45)CC3)C2)C(=O)O1. The highest BCUT2D eigenvalue weighted by atomic mass is 16.6. The van der Waals surface area contributed by atoms with Gasteiger partial charge in [-0.2, -0.15) is 0 Å². The number of rotatable bonds is 2. The minimum Gasteiger partial charge on any atom is -0.459 e. The predicted molar refractivity (Wildman–Crippen MR) is 121 cm³/mol. The topological polar surface area (TPSA) is 49.9 Å². The van der Waals surface area contributed by atoms with Gasteiger partial charge in [0.25, 0.3) is 5.91 Å². The second kappa shape index (κ2) is 7.63. The van der Waals surface area contributed by atoms with Gasteiger partial charge in [0.2, 0.25) is 0 Å². The lowest BCUT2D eigenvalue weighted by atomic mass is 9.74. The number of nitrogens with zero attached hydrogens (tertiary/aromatic N) is 2. The van der Waals surface area contributed by atoms with Gasteiger partial charge in [0.15, 0.2) is 0 Å². The Morgan fingerprint density at radius 2 is 1.77 bits per heavy atom. The minimum atomic E-state index is -0.353. The Morgan fingerprint density at radius 3 is 2.52 bits per heavy atom. The maximum atomic E-state index is 13.3. The number of hydrogen-bond donors (Lipinski definition) is 0. The van der Waals surface area contributed by atoms with Gasteiger partial charge in [0.05, 0.1) is 5.41 Å². The van der Waals surface area contributed by atoms with Gasteiger partial charge in [-0.25, -0.2) is 0 Å². The molecule has 1 unspecified atom stereocenters. The summed E-state index contributed by atoms with van der Waals surface area (Å²) in [5.74, 6) is 0.122. The predicted octanol–water partition coefficient (Wildman–Crippen LogP) is 4.25. The third-order valence-electron chi connectivity index (χ3n) is 7.46. The molecule has 5 rings (SSSR count). The van der Waals surface area contributed by atoms with Crippen molar-refractivity contribution in [3.8, 4) is 0 Å². The van der Waals surface area contributed by atoms with Gasteiger partial charge in [-0.1, -0.05) is 36.4 Å². The smallest absolute Gasteiger partial charge is 0.314 e. The van der Waals surface area contributed by atoms with Crippen LogP contribution in [0.3, 0.4) is 0 Å². The molecule has 2 aromatic carbocycles. The molecule has 0 bridgehead atoms. The van der Waals surface area contributed by atoms with Crippen molar-refractivity contribution in [1.29, 1.82) is 0 Å². The van der Waals surface area contributed by atoms with E-state index in [-0.39, 0.29) is 22.9 Å². The Kier molecular flexibility index (Phi) is 5.04. The maximum Gasteiger partial charge on any atom is 0.314 e. The number of carbonyl (C=O) groups excluding carboxylic acids is 2. The number of esters is 1. The molecule has 0 aliphatic carbocycles. The summed E-state index contributed by atoms with van der Waals surface area (Å²) < 4.78 is 5.69. The quantitative estimate of drug-likeness (QED) is 0.682. The highest BCUT2D eigenvalue weighted by Crippen LogP contribution is 2.46. The van der Waals surface area contributed by atoms with Crippen LogP contribution in [0.5, 0.6) is 0 Å². The van der Waals surface area contributed by atoms with E-state index >= 15 is 0 Å². The molecule has 0 radical (unpaired) electrons. The summed E-state index contributed by atoms with van der Waals surface area (Å²) in [6.45, 7) is 7.43. The highest BCUT2D eigenvalue weighted by molar-refractivity contribution is 6.07. The molecule has 2 aromatic rings. The molecule has 0 N–H and O–H groups in total. The van der Waals surface area contributed by atoms with Gasteiger partial charge in [-0.05, 0) is 62.9 Å². The molecule has 0 saturated carbocycles. The molecule has 1 atom stereocenters. The van der Waals surface area contributed by atoms with Crippen molar-refractivity contribution in [1.82, 2.24) is 9.80 Å². The number of ether oxygens (including phenoxy) is 1. The normalized spacial score (nSPS) is 27.0. The van der Waals surface area contributed by atoms with Crippen molar-refractivity contribution in [2.24, 2.45) is 5.41 Å². The van der Waals surface area contributed by atoms with Gasteiger partial charge < -0.3 is 9.64 Å². The Morgan fingerprint density at radius 1 is 1.03 bits per heavy atom. The number of cyclic esters (lactones) is 1. The first-order valence-corrected chi connectivity index (χ1v) is 11.6. The number of likely N-dealkylation sites (tertiary alicyclic amines) is 2. The van der Waals surface area contributed by atoms with E-state index < -0.39 is 0 Å². The number of carbonyl (C=O) groups is 2. The molecule has 5 heteroatoms. The Bertz CT molecular complexity index is 1000.